The van der Waals surface area contributed by atoms with E-state index in [4.69, 9.17) is 9.47 Å². The summed E-state index contributed by atoms with van der Waals surface area (Å²) >= 11 is 3.42. The zero-order chi connectivity index (χ0) is 16.3. The molecule has 22 heavy (non-hydrogen) atoms. The van der Waals surface area contributed by atoms with Crippen molar-refractivity contribution >= 4 is 21.9 Å². The van der Waals surface area contributed by atoms with Gasteiger partial charge in [0.2, 0.25) is 0 Å². The van der Waals surface area contributed by atoms with Crippen molar-refractivity contribution in [2.45, 2.75) is 27.7 Å². The number of halogens is 1. The van der Waals surface area contributed by atoms with Gasteiger partial charge in [-0.2, -0.15) is 0 Å². The third kappa shape index (κ3) is 4.34. The minimum atomic E-state index is -0.410. The Kier molecular flexibility index (Phi) is 5.24. The van der Waals surface area contributed by atoms with Crippen LogP contribution in [0.15, 0.2) is 34.8 Å². The van der Waals surface area contributed by atoms with Gasteiger partial charge in [-0.15, -0.1) is 0 Å². The van der Waals surface area contributed by atoms with Crippen LogP contribution in [0.4, 0.5) is 0 Å². The van der Waals surface area contributed by atoms with E-state index in [9.17, 15) is 4.79 Å². The van der Waals surface area contributed by atoms with Crippen LogP contribution in [0.1, 0.15) is 22.3 Å². The molecule has 0 radical (unpaired) electrons. The summed E-state index contributed by atoms with van der Waals surface area (Å²) in [6.45, 7) is 7.69. The van der Waals surface area contributed by atoms with E-state index in [-0.39, 0.29) is 6.61 Å². The molecular formula is C18H19BrO3. The minimum absolute atomic E-state index is 0.113. The van der Waals surface area contributed by atoms with E-state index in [1.54, 1.807) is 0 Å². The van der Waals surface area contributed by atoms with Gasteiger partial charge in [0, 0.05) is 4.47 Å². The van der Waals surface area contributed by atoms with Crippen LogP contribution in [-0.2, 0) is 4.79 Å². The summed E-state index contributed by atoms with van der Waals surface area (Å²) in [6.07, 6.45) is 0. The molecule has 0 spiro atoms. The first-order valence-electron chi connectivity index (χ1n) is 7.03. The standard InChI is InChI=1S/C18H19BrO3/c1-11-5-12(2)7-16(6-11)21-10-17(20)22-18-13(3)8-15(19)9-14(18)4/h5-9H,10H2,1-4H3. The molecule has 0 unspecified atom stereocenters. The number of hydrogen-bond acceptors (Lipinski definition) is 3. The molecule has 0 aliphatic carbocycles. The van der Waals surface area contributed by atoms with Crippen molar-refractivity contribution in [3.8, 4) is 11.5 Å². The Morgan fingerprint density at radius 1 is 0.955 bits per heavy atom. The van der Waals surface area contributed by atoms with Gasteiger partial charge in [0.25, 0.3) is 0 Å². The Morgan fingerprint density at radius 2 is 1.50 bits per heavy atom. The maximum absolute atomic E-state index is 12.0. The smallest absolute Gasteiger partial charge is 0.349 e. The second-order valence-electron chi connectivity index (χ2n) is 5.45. The third-order valence-corrected chi connectivity index (χ3v) is 3.65. The molecule has 0 aromatic heterocycles. The van der Waals surface area contributed by atoms with Crippen LogP contribution in [0.5, 0.6) is 11.5 Å². The van der Waals surface area contributed by atoms with Crippen molar-refractivity contribution in [1.29, 1.82) is 0 Å². The largest absolute Gasteiger partial charge is 0.482 e. The van der Waals surface area contributed by atoms with E-state index in [0.29, 0.717) is 11.5 Å². The molecular weight excluding hydrogens is 344 g/mol. The quantitative estimate of drug-likeness (QED) is 0.585. The van der Waals surface area contributed by atoms with Crippen molar-refractivity contribution in [2.75, 3.05) is 6.61 Å². The van der Waals surface area contributed by atoms with Crippen LogP contribution in [0, 0.1) is 27.7 Å². The lowest BCUT2D eigenvalue weighted by Crippen LogP contribution is -2.18. The molecule has 3 nitrogen and oxygen atoms in total. The fourth-order valence-electron chi connectivity index (χ4n) is 2.36. The number of carbonyl (C=O) groups excluding carboxylic acids is 1. The van der Waals surface area contributed by atoms with Crippen LogP contribution in [0.2, 0.25) is 0 Å². The lowest BCUT2D eigenvalue weighted by atomic mass is 10.1. The molecule has 0 amide bonds. The molecule has 0 aliphatic heterocycles. The average molecular weight is 363 g/mol. The van der Waals surface area contributed by atoms with Crippen molar-refractivity contribution in [2.24, 2.45) is 0 Å². The number of rotatable bonds is 4. The normalized spacial score (nSPS) is 10.4. The lowest BCUT2D eigenvalue weighted by molar-refractivity contribution is -0.136. The van der Waals surface area contributed by atoms with Gasteiger partial charge in [-0.05, 0) is 74.2 Å². The van der Waals surface area contributed by atoms with Crippen LogP contribution < -0.4 is 9.47 Å². The van der Waals surface area contributed by atoms with E-state index >= 15 is 0 Å². The highest BCUT2D eigenvalue weighted by atomic mass is 79.9. The third-order valence-electron chi connectivity index (χ3n) is 3.19. The molecule has 2 rings (SSSR count). The van der Waals surface area contributed by atoms with Crippen molar-refractivity contribution in [1.82, 2.24) is 0 Å². The van der Waals surface area contributed by atoms with Gasteiger partial charge in [-0.3, -0.25) is 0 Å². The fourth-order valence-corrected chi connectivity index (χ4v) is 3.05. The monoisotopic (exact) mass is 362 g/mol. The first-order chi connectivity index (χ1) is 10.3. The minimum Gasteiger partial charge on any atom is -0.482 e. The molecule has 0 heterocycles. The molecule has 0 bridgehead atoms. The highest BCUT2D eigenvalue weighted by Gasteiger charge is 2.12. The number of ether oxygens (including phenoxy) is 2. The second-order valence-corrected chi connectivity index (χ2v) is 6.37. The Hall–Kier alpha value is -1.81. The molecule has 0 N–H and O–H groups in total. The molecule has 2 aromatic rings. The number of carbonyl (C=O) groups is 1. The Labute approximate surface area is 139 Å². The SMILES string of the molecule is Cc1cc(C)cc(OCC(=O)Oc2c(C)cc(Br)cc2C)c1. The zero-order valence-electron chi connectivity index (χ0n) is 13.2. The van der Waals surface area contributed by atoms with Crippen molar-refractivity contribution in [3.05, 3.63) is 57.1 Å². The Morgan fingerprint density at radius 3 is 2.05 bits per heavy atom. The van der Waals surface area contributed by atoms with E-state index in [1.807, 2.05) is 52.0 Å². The first-order valence-corrected chi connectivity index (χ1v) is 7.83. The van der Waals surface area contributed by atoms with E-state index in [2.05, 4.69) is 22.0 Å². The van der Waals surface area contributed by atoms with E-state index < -0.39 is 5.97 Å². The number of esters is 1. The highest BCUT2D eigenvalue weighted by Crippen LogP contribution is 2.27. The van der Waals surface area contributed by atoms with Gasteiger partial charge >= 0.3 is 5.97 Å². The number of hydrogen-bond donors (Lipinski definition) is 0. The topological polar surface area (TPSA) is 35.5 Å². The molecule has 116 valence electrons. The molecule has 0 aliphatic rings. The van der Waals surface area contributed by atoms with Gasteiger partial charge in [-0.1, -0.05) is 22.0 Å². The van der Waals surface area contributed by atoms with Crippen LogP contribution in [-0.4, -0.2) is 12.6 Å². The second kappa shape index (κ2) is 6.97. The first kappa shape index (κ1) is 16.6. The van der Waals surface area contributed by atoms with Crippen LogP contribution in [0.3, 0.4) is 0 Å². The summed E-state index contributed by atoms with van der Waals surface area (Å²) in [4.78, 5) is 12.0. The van der Waals surface area contributed by atoms with Gasteiger partial charge in [0.05, 0.1) is 0 Å². The molecule has 4 heteroatoms. The maximum atomic E-state index is 12.0. The number of benzene rings is 2. The summed E-state index contributed by atoms with van der Waals surface area (Å²) < 4.78 is 11.9. The van der Waals surface area contributed by atoms with Crippen LogP contribution in [0.25, 0.3) is 0 Å². The summed E-state index contributed by atoms with van der Waals surface area (Å²) in [5.74, 6) is 0.864. The fraction of sp³-hybridized carbons (Fsp3) is 0.278. The van der Waals surface area contributed by atoms with Crippen molar-refractivity contribution < 1.29 is 14.3 Å². The van der Waals surface area contributed by atoms with Crippen LogP contribution >= 0.6 is 15.9 Å². The summed E-state index contributed by atoms with van der Waals surface area (Å²) in [6, 6.07) is 9.69. The van der Waals surface area contributed by atoms with Gasteiger partial charge in [0.1, 0.15) is 11.5 Å². The van der Waals surface area contributed by atoms with Gasteiger partial charge in [0.15, 0.2) is 6.61 Å². The molecule has 0 fully saturated rings. The zero-order valence-corrected chi connectivity index (χ0v) is 14.8. The predicted octanol–water partition coefficient (Wildman–Crippen LogP) is 4.67. The lowest BCUT2D eigenvalue weighted by Gasteiger charge is -2.12. The summed E-state index contributed by atoms with van der Waals surface area (Å²) in [5.41, 5.74) is 4.02. The molecule has 0 saturated carbocycles. The Bertz CT molecular complexity index is 664. The van der Waals surface area contributed by atoms with E-state index in [0.717, 1.165) is 26.7 Å². The molecule has 2 aromatic carbocycles. The summed E-state index contributed by atoms with van der Waals surface area (Å²) in [7, 11) is 0. The Balaban J connectivity index is 2.02. The molecule has 0 saturated heterocycles. The van der Waals surface area contributed by atoms with Gasteiger partial charge < -0.3 is 9.47 Å². The average Bonchev–Trinajstić information content (AvgIpc) is 2.39. The van der Waals surface area contributed by atoms with E-state index in [1.165, 1.54) is 0 Å². The predicted molar refractivity (Wildman–Crippen MR) is 90.7 cm³/mol. The maximum Gasteiger partial charge on any atom is 0.349 e. The summed E-state index contributed by atoms with van der Waals surface area (Å²) in [5, 5.41) is 0. The highest BCUT2D eigenvalue weighted by molar-refractivity contribution is 9.10. The molecule has 0 atom stereocenters. The van der Waals surface area contributed by atoms with Crippen molar-refractivity contribution in [3.63, 3.8) is 0 Å². The number of aryl methyl sites for hydroxylation is 4. The van der Waals surface area contributed by atoms with Gasteiger partial charge in [-0.25, -0.2) is 4.79 Å².